The molecule has 1 atom stereocenters. The number of piperidine rings is 1. The molecule has 23 nitrogen and oxygen atoms in total. The molecule has 2 fully saturated rings. The molecule has 5 N–H and O–H groups in total. The van der Waals surface area contributed by atoms with Crippen molar-refractivity contribution in [2.24, 2.45) is 5.11 Å². The largest absolute Gasteiger partial charge is 0.491 e. The third kappa shape index (κ3) is 15.2. The Hall–Kier alpha value is -9.00. The Bertz CT molecular complexity index is 3670. The fourth-order valence-electron chi connectivity index (χ4n) is 10.4. The number of amides is 6. The zero-order valence-corrected chi connectivity index (χ0v) is 48.9. The summed E-state index contributed by atoms with van der Waals surface area (Å²) >= 11 is 2.70. The number of ether oxygens (including phenoxy) is 4. The van der Waals surface area contributed by atoms with Crippen molar-refractivity contribution in [3.63, 3.8) is 0 Å². The number of carbonyl (C=O) groups excluding carboxylic acids is 6. The van der Waals surface area contributed by atoms with Gasteiger partial charge in [-0.3, -0.25) is 49.2 Å². The molecule has 4 aromatic carbocycles. The van der Waals surface area contributed by atoms with Crippen LogP contribution in [0.1, 0.15) is 95.2 Å². The first-order valence-electron chi connectivity index (χ1n) is 28.4. The number of aromatic carboxylic acids is 1. The number of nitrogens with zero attached hydrogens (tertiary/aromatic N) is 7. The van der Waals surface area contributed by atoms with Gasteiger partial charge in [0.25, 0.3) is 17.7 Å². The number of fused-ring (bicyclic) bond motifs is 3. The van der Waals surface area contributed by atoms with Crippen LogP contribution < -0.4 is 30.3 Å². The summed E-state index contributed by atoms with van der Waals surface area (Å²) < 4.78 is 38.9. The van der Waals surface area contributed by atoms with Crippen LogP contribution in [-0.4, -0.2) is 163 Å². The summed E-state index contributed by atoms with van der Waals surface area (Å²) in [5, 5.41) is 22.9. The van der Waals surface area contributed by atoms with Crippen molar-refractivity contribution < 1.29 is 62.0 Å². The lowest BCUT2D eigenvalue weighted by molar-refractivity contribution is -0.136. The van der Waals surface area contributed by atoms with Crippen LogP contribution in [0.2, 0.25) is 0 Å². The molecule has 0 radical (unpaired) electrons. The van der Waals surface area contributed by atoms with Gasteiger partial charge in [-0.05, 0) is 91.8 Å². The van der Waals surface area contributed by atoms with E-state index in [1.165, 1.54) is 40.9 Å². The fraction of sp³-hybridized carbons (Fsp3) is 0.361. The number of imide groups is 2. The van der Waals surface area contributed by atoms with Crippen molar-refractivity contribution in [1.82, 2.24) is 35.3 Å². The second kappa shape index (κ2) is 28.9. The molecule has 6 aromatic rings. The third-order valence-corrected chi connectivity index (χ3v) is 17.0. The maximum atomic E-state index is 15.2. The molecule has 1 unspecified atom stereocenters. The van der Waals surface area contributed by atoms with Crippen LogP contribution in [0.5, 0.6) is 11.5 Å². The normalized spacial score (nSPS) is 16.0. The molecule has 4 aliphatic rings. The number of aromatic nitrogens is 2. The van der Waals surface area contributed by atoms with Gasteiger partial charge in [0.05, 0.1) is 60.9 Å². The first-order valence-corrected chi connectivity index (χ1v) is 30.0. The molecule has 0 spiro atoms. The number of thiazole rings is 2. The van der Waals surface area contributed by atoms with E-state index in [4.69, 9.17) is 24.5 Å². The summed E-state index contributed by atoms with van der Waals surface area (Å²) in [6.07, 6.45) is 3.96. The minimum absolute atomic E-state index is 0.0177. The van der Waals surface area contributed by atoms with Gasteiger partial charge in [0.2, 0.25) is 17.7 Å². The van der Waals surface area contributed by atoms with E-state index in [0.717, 1.165) is 26.2 Å². The summed E-state index contributed by atoms with van der Waals surface area (Å²) in [4.78, 5) is 106. The molecule has 87 heavy (non-hydrogen) atoms. The molecule has 4 aliphatic heterocycles. The average Bonchev–Trinajstić information content (AvgIpc) is 1.75. The maximum Gasteiger partial charge on any atom is 0.355 e. The maximum absolute atomic E-state index is 15.2. The van der Waals surface area contributed by atoms with Crippen LogP contribution in [0, 0.1) is 23.2 Å². The Morgan fingerprint density at radius 1 is 0.862 bits per heavy atom. The van der Waals surface area contributed by atoms with Gasteiger partial charge in [-0.2, -0.15) is 5.11 Å². The molecule has 10 rings (SSSR count). The van der Waals surface area contributed by atoms with Crippen LogP contribution in [-0.2, 0) is 43.2 Å². The van der Waals surface area contributed by atoms with E-state index in [1.807, 2.05) is 46.2 Å². The number of carboxylic acid groups (broad SMARTS) is 1. The van der Waals surface area contributed by atoms with Crippen LogP contribution in [0.15, 0.2) is 95.9 Å². The minimum atomic E-state index is -1.14. The summed E-state index contributed by atoms with van der Waals surface area (Å²) in [5.41, 5.74) is 11.7. The molecule has 452 valence electrons. The van der Waals surface area contributed by atoms with Crippen molar-refractivity contribution in [2.75, 3.05) is 95.7 Å². The summed E-state index contributed by atoms with van der Waals surface area (Å²) in [7, 11) is 0. The van der Waals surface area contributed by atoms with Gasteiger partial charge in [0.1, 0.15) is 24.1 Å². The molecule has 2 aromatic heterocycles. The highest BCUT2D eigenvalue weighted by Gasteiger charge is 2.46. The van der Waals surface area contributed by atoms with Crippen LogP contribution in [0.3, 0.4) is 0 Å². The van der Waals surface area contributed by atoms with E-state index < -0.39 is 41.5 Å². The second-order valence-electron chi connectivity index (χ2n) is 20.6. The van der Waals surface area contributed by atoms with Gasteiger partial charge in [-0.1, -0.05) is 53.5 Å². The van der Waals surface area contributed by atoms with Crippen molar-refractivity contribution in [3.05, 3.63) is 141 Å². The van der Waals surface area contributed by atoms with Crippen molar-refractivity contribution >= 4 is 84.6 Å². The van der Waals surface area contributed by atoms with E-state index in [-0.39, 0.29) is 92.6 Å². The number of piperazine rings is 1. The minimum Gasteiger partial charge on any atom is -0.491 e. The first kappa shape index (κ1) is 61.1. The summed E-state index contributed by atoms with van der Waals surface area (Å²) in [5.74, 6) is 2.01. The lowest BCUT2D eigenvalue weighted by Crippen LogP contribution is -2.54. The second-order valence-corrected chi connectivity index (χ2v) is 22.7. The number of carboxylic acids is 1. The zero-order valence-electron chi connectivity index (χ0n) is 47.3. The number of nitrogens with one attached hydrogen (secondary N) is 4. The van der Waals surface area contributed by atoms with Gasteiger partial charge < -0.3 is 39.2 Å². The zero-order chi connectivity index (χ0) is 60.8. The number of benzene rings is 4. The molecule has 6 amide bonds. The molecule has 0 saturated carbocycles. The molecule has 0 bridgehead atoms. The van der Waals surface area contributed by atoms with E-state index in [9.17, 15) is 38.7 Å². The van der Waals surface area contributed by atoms with Crippen molar-refractivity contribution in [3.8, 4) is 23.3 Å². The Kier molecular flexibility index (Phi) is 20.3. The van der Waals surface area contributed by atoms with Gasteiger partial charge in [0.15, 0.2) is 27.5 Å². The monoisotopic (exact) mass is 1220 g/mol. The van der Waals surface area contributed by atoms with Crippen molar-refractivity contribution in [1.29, 1.82) is 5.53 Å². The Morgan fingerprint density at radius 3 is 2.47 bits per heavy atom. The summed E-state index contributed by atoms with van der Waals surface area (Å²) in [6.45, 7) is 5.09. The fourth-order valence-corrected chi connectivity index (χ4v) is 12.4. The standard InChI is InChI=1S/C61H62FN11O12S2/c62-44-34-38(17-19-47(44)84-29-7-15-50-54(59(80)81)67-61(87-50)72-24-21-39-9-3-10-41(43(39)36-72)55(76)68-60-65-45-12-1-2-14-49(45)86-60)8-6-23-70-25-27-71(28-26-70)52(75)16-5-22-64-35-40(69-63)37-83-31-30-82-32-33-85-48-13-4-11-42-53(48)58(79)73(57(42)78)46-18-20-51(74)66-56(46)77/h1-4,9-14,17,19,34-35,46,63-64H,5,7,15-16,18,20-33,36-37H2,(H,80,81)(H,65,68,76)(H,66,74,77)/b40-35-,69-63?. The highest BCUT2D eigenvalue weighted by molar-refractivity contribution is 7.22. The Morgan fingerprint density at radius 2 is 1.67 bits per heavy atom. The number of carbonyl (C=O) groups is 7. The van der Waals surface area contributed by atoms with Gasteiger partial charge in [0, 0.05) is 80.9 Å². The first-order chi connectivity index (χ1) is 42.3. The van der Waals surface area contributed by atoms with Gasteiger partial charge >= 0.3 is 5.97 Å². The molecule has 0 aliphatic carbocycles. The highest BCUT2D eigenvalue weighted by Crippen LogP contribution is 2.36. The number of aryl methyl sites for hydroxylation is 1. The van der Waals surface area contributed by atoms with Crippen molar-refractivity contribution in [2.45, 2.75) is 57.5 Å². The molecule has 26 heteroatoms. The molecular formula is C61H62FN11O12S2. The number of rotatable bonds is 26. The van der Waals surface area contributed by atoms with Crippen LogP contribution in [0.25, 0.3) is 10.2 Å². The van der Waals surface area contributed by atoms with E-state index in [1.54, 1.807) is 30.5 Å². The number of hydrogen-bond acceptors (Lipinski definition) is 20. The molecule has 6 heterocycles. The highest BCUT2D eigenvalue weighted by atomic mass is 32.1. The predicted octanol–water partition coefficient (Wildman–Crippen LogP) is 6.67. The average molecular weight is 1220 g/mol. The number of halogens is 1. The van der Waals surface area contributed by atoms with E-state index >= 15 is 4.39 Å². The SMILES string of the molecule is N=N/C(=C\NCCCC(=O)N1CCN(CC#Cc2ccc(OCCCc3sc(N4CCc5cccc(C(=O)Nc6nc7ccccc7s6)c5C4)nc3C(=O)O)c(F)c2)CC1)COCCOCCOc1cccc2c1C(=O)N(C1CCC(=O)NC1=O)C2=O. The smallest absolute Gasteiger partial charge is 0.355 e. The quantitative estimate of drug-likeness (QED) is 0.0164. The Labute approximate surface area is 507 Å². The molecular weight excluding hydrogens is 1160 g/mol. The molecule has 2 saturated heterocycles. The van der Waals surface area contributed by atoms with Crippen LogP contribution in [0.4, 0.5) is 14.7 Å². The third-order valence-electron chi connectivity index (χ3n) is 14.9. The predicted molar refractivity (Wildman–Crippen MR) is 319 cm³/mol. The van der Waals surface area contributed by atoms with Gasteiger partial charge in [-0.15, -0.1) is 11.3 Å². The van der Waals surface area contributed by atoms with Crippen LogP contribution >= 0.6 is 22.7 Å². The topological polar surface area (TPSA) is 288 Å². The van der Waals surface area contributed by atoms with E-state index in [2.05, 4.69) is 47.8 Å². The number of para-hydroxylation sites is 1. The lowest BCUT2D eigenvalue weighted by Gasteiger charge is -2.33. The van der Waals surface area contributed by atoms with Gasteiger partial charge in [-0.25, -0.2) is 24.7 Å². The number of anilines is 2. The number of hydrogen-bond donors (Lipinski definition) is 5. The summed E-state index contributed by atoms with van der Waals surface area (Å²) in [6, 6.07) is 21.4. The van der Waals surface area contributed by atoms with E-state index in [0.29, 0.717) is 116 Å². The Balaban J connectivity index is 0.576. The lowest BCUT2D eigenvalue weighted by atomic mass is 9.94.